The zero-order valence-corrected chi connectivity index (χ0v) is 15.7. The van der Waals surface area contributed by atoms with Gasteiger partial charge in [-0.2, -0.15) is 0 Å². The van der Waals surface area contributed by atoms with Crippen LogP contribution >= 0.6 is 11.8 Å². The Hall–Kier alpha value is -2.75. The van der Waals surface area contributed by atoms with Crippen LogP contribution in [0.4, 0.5) is 4.79 Å². The van der Waals surface area contributed by atoms with Gasteiger partial charge >= 0.3 is 6.03 Å². The number of hydrogen-bond acceptors (Lipinski definition) is 7. The number of nitrogen functional groups attached to an aromatic ring is 1. The summed E-state index contributed by atoms with van der Waals surface area (Å²) in [6.07, 6.45) is 0. The number of urea groups is 1. The average Bonchev–Trinajstić information content (AvgIpc) is 2.98. The highest BCUT2D eigenvalue weighted by molar-refractivity contribution is 7.99. The van der Waals surface area contributed by atoms with Crippen LogP contribution in [0.1, 0.15) is 31.2 Å². The molecule has 1 heterocycles. The highest BCUT2D eigenvalue weighted by atomic mass is 32.2. The fourth-order valence-corrected chi connectivity index (χ4v) is 2.63. The zero-order valence-electron chi connectivity index (χ0n) is 14.9. The van der Waals surface area contributed by atoms with Crippen molar-refractivity contribution in [3.05, 3.63) is 35.7 Å². The predicted octanol–water partition coefficient (Wildman–Crippen LogP) is 1.24. The molecule has 0 aliphatic carbocycles. The third-order valence-electron chi connectivity index (χ3n) is 3.46. The lowest BCUT2D eigenvalue weighted by molar-refractivity contribution is -0.117. The maximum absolute atomic E-state index is 11.6. The molecule has 2 aromatic rings. The van der Waals surface area contributed by atoms with Crippen molar-refractivity contribution in [3.8, 4) is 5.75 Å². The average molecular weight is 378 g/mol. The van der Waals surface area contributed by atoms with Gasteiger partial charge < -0.3 is 15.9 Å². The van der Waals surface area contributed by atoms with Gasteiger partial charge in [0.15, 0.2) is 5.82 Å². The molecule has 0 saturated carbocycles. The Morgan fingerprint density at radius 2 is 1.96 bits per heavy atom. The molecule has 0 radical (unpaired) electrons. The van der Waals surface area contributed by atoms with Crippen LogP contribution in [0.25, 0.3) is 0 Å². The van der Waals surface area contributed by atoms with Crippen molar-refractivity contribution in [1.29, 1.82) is 0 Å². The van der Waals surface area contributed by atoms with Gasteiger partial charge in [0.1, 0.15) is 12.4 Å². The summed E-state index contributed by atoms with van der Waals surface area (Å²) in [5.41, 5.74) is 1.23. The van der Waals surface area contributed by atoms with Crippen LogP contribution in [0.2, 0.25) is 0 Å². The first kappa shape index (κ1) is 19.6. The number of nitrogens with one attached hydrogen (secondary N) is 2. The quantitative estimate of drug-likeness (QED) is 0.489. The van der Waals surface area contributed by atoms with E-state index in [0.29, 0.717) is 22.6 Å². The molecular weight excluding hydrogens is 356 g/mol. The summed E-state index contributed by atoms with van der Waals surface area (Å²) in [7, 11) is 1.43. The van der Waals surface area contributed by atoms with Crippen molar-refractivity contribution in [3.63, 3.8) is 0 Å². The van der Waals surface area contributed by atoms with Crippen LogP contribution in [0.15, 0.2) is 29.4 Å². The molecule has 4 N–H and O–H groups in total. The van der Waals surface area contributed by atoms with Crippen LogP contribution in [0, 0.1) is 0 Å². The first-order chi connectivity index (χ1) is 12.4. The van der Waals surface area contributed by atoms with Crippen molar-refractivity contribution < 1.29 is 14.3 Å². The number of carbonyl (C=O) groups excluding carboxylic acids is 2. The fourth-order valence-electron chi connectivity index (χ4n) is 1.96. The number of benzene rings is 1. The van der Waals surface area contributed by atoms with Crippen molar-refractivity contribution >= 4 is 23.7 Å². The lowest BCUT2D eigenvalue weighted by Gasteiger charge is -2.09. The number of nitrogens with two attached hydrogens (primary N) is 1. The van der Waals surface area contributed by atoms with E-state index >= 15 is 0 Å². The van der Waals surface area contributed by atoms with Gasteiger partial charge in [0.2, 0.25) is 11.1 Å². The summed E-state index contributed by atoms with van der Waals surface area (Å²) in [5.74, 6) is 7.04. The molecule has 1 aromatic carbocycles. The van der Waals surface area contributed by atoms with Crippen LogP contribution in [0.3, 0.4) is 0 Å². The summed E-state index contributed by atoms with van der Waals surface area (Å²) in [5, 5.41) is 12.7. The first-order valence-electron chi connectivity index (χ1n) is 7.97. The van der Waals surface area contributed by atoms with Gasteiger partial charge in [0, 0.05) is 7.05 Å². The number of hydrogen-bond donors (Lipinski definition) is 3. The Bertz CT molecular complexity index is 760. The molecule has 0 fully saturated rings. The number of rotatable bonds is 7. The summed E-state index contributed by atoms with van der Waals surface area (Å²) in [6, 6.07) is 7.25. The van der Waals surface area contributed by atoms with Gasteiger partial charge in [-0.25, -0.2) is 9.47 Å². The van der Waals surface area contributed by atoms with Gasteiger partial charge in [0.05, 0.1) is 5.75 Å². The number of carbonyl (C=O) groups is 2. The number of imide groups is 1. The van der Waals surface area contributed by atoms with Crippen LogP contribution in [-0.2, 0) is 11.4 Å². The molecule has 10 heteroatoms. The minimum absolute atomic E-state index is 0.0136. The van der Waals surface area contributed by atoms with Crippen molar-refractivity contribution in [2.45, 2.75) is 31.5 Å². The molecule has 0 spiro atoms. The van der Waals surface area contributed by atoms with Crippen LogP contribution in [-0.4, -0.2) is 39.6 Å². The molecule has 140 valence electrons. The number of nitrogens with zero attached hydrogens (tertiary/aromatic N) is 3. The van der Waals surface area contributed by atoms with E-state index in [0.717, 1.165) is 11.8 Å². The van der Waals surface area contributed by atoms with Crippen molar-refractivity contribution in [2.75, 3.05) is 18.6 Å². The van der Waals surface area contributed by atoms with Gasteiger partial charge in [0.25, 0.3) is 0 Å². The van der Waals surface area contributed by atoms with Crippen LogP contribution < -0.4 is 21.2 Å². The predicted molar refractivity (Wildman–Crippen MR) is 98.4 cm³/mol. The van der Waals surface area contributed by atoms with Gasteiger partial charge in [-0.05, 0) is 23.6 Å². The molecule has 3 amide bonds. The monoisotopic (exact) mass is 378 g/mol. The minimum atomic E-state index is -0.567. The molecule has 0 aliphatic rings. The highest BCUT2D eigenvalue weighted by Crippen LogP contribution is 2.20. The van der Waals surface area contributed by atoms with Gasteiger partial charge in [-0.1, -0.05) is 37.7 Å². The molecule has 0 aliphatic heterocycles. The molecule has 0 bridgehead atoms. The lowest BCUT2D eigenvalue weighted by atomic mass is 10.0. The zero-order chi connectivity index (χ0) is 19.1. The minimum Gasteiger partial charge on any atom is -0.486 e. The normalized spacial score (nSPS) is 10.6. The Kier molecular flexibility index (Phi) is 6.84. The SMILES string of the molecule is CNC(=O)NC(=O)CSc1nnc(COc2ccc(C(C)C)cc2)n1N. The van der Waals surface area contributed by atoms with E-state index in [4.69, 9.17) is 10.6 Å². The van der Waals surface area contributed by atoms with E-state index < -0.39 is 11.9 Å². The summed E-state index contributed by atoms with van der Waals surface area (Å²) < 4.78 is 6.93. The van der Waals surface area contributed by atoms with E-state index in [9.17, 15) is 9.59 Å². The largest absolute Gasteiger partial charge is 0.486 e. The Balaban J connectivity index is 1.88. The third kappa shape index (κ3) is 5.38. The highest BCUT2D eigenvalue weighted by Gasteiger charge is 2.14. The summed E-state index contributed by atoms with van der Waals surface area (Å²) in [4.78, 5) is 22.6. The second-order valence-electron chi connectivity index (χ2n) is 5.70. The maximum atomic E-state index is 11.6. The Morgan fingerprint density at radius 1 is 1.27 bits per heavy atom. The molecular formula is C16H22N6O3S. The standard InChI is InChI=1S/C16H22N6O3S/c1-10(2)11-4-6-12(7-5-11)25-8-13-20-21-16(22(13)17)26-9-14(23)19-15(24)18-3/h4-7,10H,8-9,17H2,1-3H3,(H2,18,19,23,24). The summed E-state index contributed by atoms with van der Waals surface area (Å²) in [6.45, 7) is 4.40. The molecule has 0 atom stereocenters. The summed E-state index contributed by atoms with van der Waals surface area (Å²) >= 11 is 1.07. The maximum Gasteiger partial charge on any atom is 0.321 e. The number of ether oxygens (including phenoxy) is 1. The van der Waals surface area contributed by atoms with Gasteiger partial charge in [-0.15, -0.1) is 10.2 Å². The van der Waals surface area contributed by atoms with E-state index in [-0.39, 0.29) is 12.4 Å². The molecule has 0 saturated heterocycles. The number of amides is 3. The van der Waals surface area contributed by atoms with Crippen LogP contribution in [0.5, 0.6) is 5.75 Å². The molecule has 0 unspecified atom stereocenters. The molecule has 9 nitrogen and oxygen atoms in total. The third-order valence-corrected chi connectivity index (χ3v) is 4.41. The molecule has 26 heavy (non-hydrogen) atoms. The molecule has 2 rings (SSSR count). The first-order valence-corrected chi connectivity index (χ1v) is 8.95. The Morgan fingerprint density at radius 3 is 2.58 bits per heavy atom. The number of aromatic nitrogens is 3. The topological polar surface area (TPSA) is 124 Å². The number of thioether (sulfide) groups is 1. The van der Waals surface area contributed by atoms with E-state index in [1.807, 2.05) is 24.3 Å². The second kappa shape index (κ2) is 9.09. The smallest absolute Gasteiger partial charge is 0.321 e. The van der Waals surface area contributed by atoms with E-state index in [1.165, 1.54) is 17.3 Å². The second-order valence-corrected chi connectivity index (χ2v) is 6.64. The van der Waals surface area contributed by atoms with E-state index in [2.05, 4.69) is 34.7 Å². The van der Waals surface area contributed by atoms with E-state index in [1.54, 1.807) is 0 Å². The van der Waals surface area contributed by atoms with Gasteiger partial charge in [-0.3, -0.25) is 10.1 Å². The van der Waals surface area contributed by atoms with Crippen molar-refractivity contribution in [2.24, 2.45) is 0 Å². The fraction of sp³-hybridized carbons (Fsp3) is 0.375. The Labute approximate surface area is 155 Å². The van der Waals surface area contributed by atoms with Crippen molar-refractivity contribution in [1.82, 2.24) is 25.5 Å². The lowest BCUT2D eigenvalue weighted by Crippen LogP contribution is -2.38. The molecule has 1 aromatic heterocycles.